The molecule has 0 bridgehead atoms. The Labute approximate surface area is 140 Å². The maximum absolute atomic E-state index is 12.6. The molecule has 3 nitrogen and oxygen atoms in total. The minimum Gasteiger partial charge on any atom is -0.389 e. The molecule has 2 aliphatic rings. The molecule has 23 heavy (non-hydrogen) atoms. The fourth-order valence-electron chi connectivity index (χ4n) is 4.18. The Morgan fingerprint density at radius 2 is 1.78 bits per heavy atom. The van der Waals surface area contributed by atoms with Crippen molar-refractivity contribution in [1.29, 1.82) is 0 Å². The van der Waals surface area contributed by atoms with E-state index < -0.39 is 11.2 Å². The van der Waals surface area contributed by atoms with Crippen LogP contribution in [0.1, 0.15) is 66.7 Å². The van der Waals surface area contributed by atoms with Gasteiger partial charge in [-0.3, -0.25) is 4.79 Å². The van der Waals surface area contributed by atoms with Gasteiger partial charge in [0.15, 0.2) is 5.78 Å². The highest BCUT2D eigenvalue weighted by Crippen LogP contribution is 2.55. The minimum atomic E-state index is -0.879. The molecule has 3 heteroatoms. The molecule has 0 radical (unpaired) electrons. The van der Waals surface area contributed by atoms with Crippen molar-refractivity contribution < 1.29 is 15.0 Å². The summed E-state index contributed by atoms with van der Waals surface area (Å²) in [4.78, 5) is 12.6. The molecule has 2 N–H and O–H groups in total. The van der Waals surface area contributed by atoms with Gasteiger partial charge in [-0.25, -0.2) is 0 Å². The van der Waals surface area contributed by atoms with E-state index in [0.29, 0.717) is 25.7 Å². The van der Waals surface area contributed by atoms with Crippen molar-refractivity contribution in [3.8, 4) is 0 Å². The molecular weight excluding hydrogens is 288 g/mol. The van der Waals surface area contributed by atoms with E-state index in [1.54, 1.807) is 0 Å². The van der Waals surface area contributed by atoms with Gasteiger partial charge in [0.2, 0.25) is 0 Å². The van der Waals surface area contributed by atoms with Crippen LogP contribution in [0.2, 0.25) is 0 Å². The number of carbonyl (C=O) groups excluding carboxylic acids is 1. The molecule has 0 heterocycles. The lowest BCUT2D eigenvalue weighted by Crippen LogP contribution is -2.44. The molecule has 1 fully saturated rings. The summed E-state index contributed by atoms with van der Waals surface area (Å²) in [5, 5.41) is 21.8. The summed E-state index contributed by atoms with van der Waals surface area (Å²) >= 11 is 0. The van der Waals surface area contributed by atoms with Crippen molar-refractivity contribution in [2.24, 2.45) is 17.3 Å². The average Bonchev–Trinajstić information content (AvgIpc) is 2.71. The Bertz CT molecular complexity index is 529. The van der Waals surface area contributed by atoms with Gasteiger partial charge in [0, 0.05) is 12.3 Å². The molecule has 0 unspecified atom stereocenters. The second-order valence-electron chi connectivity index (χ2n) is 8.45. The van der Waals surface area contributed by atoms with Gasteiger partial charge >= 0.3 is 0 Å². The molecule has 2 aliphatic carbocycles. The summed E-state index contributed by atoms with van der Waals surface area (Å²) in [5.74, 6) is 0.110. The molecule has 0 aromatic rings. The topological polar surface area (TPSA) is 57.5 Å². The maximum atomic E-state index is 12.6. The molecule has 2 rings (SSSR count). The number of ketones is 1. The Morgan fingerprint density at radius 3 is 2.39 bits per heavy atom. The number of aliphatic hydroxyl groups is 2. The largest absolute Gasteiger partial charge is 0.389 e. The van der Waals surface area contributed by atoms with Gasteiger partial charge in [0.1, 0.15) is 0 Å². The Kier molecular flexibility index (Phi) is 4.94. The second kappa shape index (κ2) is 6.18. The number of Topliss-reactive ketones (excluding diaryl/α,β-unsaturated/α-hetero) is 1. The van der Waals surface area contributed by atoms with Crippen LogP contribution in [0.4, 0.5) is 0 Å². The highest BCUT2D eigenvalue weighted by Gasteiger charge is 2.54. The highest BCUT2D eigenvalue weighted by atomic mass is 16.3. The van der Waals surface area contributed by atoms with Crippen molar-refractivity contribution in [3.63, 3.8) is 0 Å². The van der Waals surface area contributed by atoms with Gasteiger partial charge in [0.05, 0.1) is 11.2 Å². The number of rotatable bonds is 1. The molecule has 0 aromatic heterocycles. The highest BCUT2D eigenvalue weighted by molar-refractivity contribution is 5.95. The number of hydrogen-bond acceptors (Lipinski definition) is 3. The van der Waals surface area contributed by atoms with E-state index in [4.69, 9.17) is 0 Å². The van der Waals surface area contributed by atoms with Gasteiger partial charge in [0.25, 0.3) is 0 Å². The fraction of sp³-hybridized carbons (Fsp3) is 0.750. The van der Waals surface area contributed by atoms with Gasteiger partial charge in [-0.2, -0.15) is 0 Å². The van der Waals surface area contributed by atoms with E-state index in [0.717, 1.165) is 12.0 Å². The molecule has 1 saturated carbocycles. The lowest BCUT2D eigenvalue weighted by atomic mass is 9.68. The van der Waals surface area contributed by atoms with Gasteiger partial charge in [-0.1, -0.05) is 39.0 Å². The van der Waals surface area contributed by atoms with E-state index in [2.05, 4.69) is 13.0 Å². The summed E-state index contributed by atoms with van der Waals surface area (Å²) in [6.07, 6.45) is 9.07. The van der Waals surface area contributed by atoms with Crippen LogP contribution in [-0.2, 0) is 4.79 Å². The van der Waals surface area contributed by atoms with Gasteiger partial charge < -0.3 is 10.2 Å². The minimum absolute atomic E-state index is 0.102. The molecular formula is C20H32O3. The molecule has 130 valence electrons. The predicted molar refractivity (Wildman–Crippen MR) is 93.0 cm³/mol. The SMILES string of the molecule is C/C1=C\CC[C@](C)(O)/C=C/[C@]2(C)CC[C@](O)(C(C)C)[C@H]2CC1=O. The lowest BCUT2D eigenvalue weighted by Gasteiger charge is -2.39. The van der Waals surface area contributed by atoms with Crippen molar-refractivity contribution in [2.45, 2.75) is 77.9 Å². The second-order valence-corrected chi connectivity index (χ2v) is 8.45. The van der Waals surface area contributed by atoms with Crippen LogP contribution in [0, 0.1) is 17.3 Å². The number of hydrogen-bond donors (Lipinski definition) is 2. The average molecular weight is 320 g/mol. The zero-order valence-electron chi connectivity index (χ0n) is 15.2. The predicted octanol–water partition coefficient (Wildman–Crippen LogP) is 3.80. The van der Waals surface area contributed by atoms with Crippen molar-refractivity contribution in [3.05, 3.63) is 23.8 Å². The molecule has 0 saturated heterocycles. The van der Waals surface area contributed by atoms with Crippen molar-refractivity contribution in [2.75, 3.05) is 0 Å². The fourth-order valence-corrected chi connectivity index (χ4v) is 4.18. The van der Waals surface area contributed by atoms with Crippen LogP contribution >= 0.6 is 0 Å². The summed E-state index contributed by atoms with van der Waals surface area (Å²) in [5.41, 5.74) is -1.21. The Hall–Kier alpha value is -0.930. The first-order chi connectivity index (χ1) is 10.5. The molecule has 4 atom stereocenters. The van der Waals surface area contributed by atoms with Crippen LogP contribution in [0.25, 0.3) is 0 Å². The first kappa shape index (κ1) is 18.4. The smallest absolute Gasteiger partial charge is 0.158 e. The zero-order chi connectivity index (χ0) is 17.5. The molecule has 0 aliphatic heterocycles. The molecule has 0 spiro atoms. The quantitative estimate of drug-likeness (QED) is 0.723. The van der Waals surface area contributed by atoms with Crippen LogP contribution in [0.3, 0.4) is 0 Å². The van der Waals surface area contributed by atoms with E-state index in [1.807, 2.05) is 39.8 Å². The molecule has 0 amide bonds. The van der Waals surface area contributed by atoms with Gasteiger partial charge in [-0.05, 0) is 56.4 Å². The third kappa shape index (κ3) is 3.61. The van der Waals surface area contributed by atoms with E-state index in [-0.39, 0.29) is 23.0 Å². The lowest BCUT2D eigenvalue weighted by molar-refractivity contribution is -0.121. The summed E-state index contributed by atoms with van der Waals surface area (Å²) in [7, 11) is 0. The van der Waals surface area contributed by atoms with Crippen LogP contribution < -0.4 is 0 Å². The third-order valence-corrected chi connectivity index (χ3v) is 6.22. The van der Waals surface area contributed by atoms with Crippen molar-refractivity contribution in [1.82, 2.24) is 0 Å². The van der Waals surface area contributed by atoms with Crippen LogP contribution in [0.5, 0.6) is 0 Å². The van der Waals surface area contributed by atoms with Crippen LogP contribution in [0.15, 0.2) is 23.8 Å². The Balaban J connectivity index is 2.48. The van der Waals surface area contributed by atoms with E-state index in [9.17, 15) is 15.0 Å². The summed E-state index contributed by atoms with van der Waals surface area (Å²) in [6, 6.07) is 0. The molecule has 0 aromatic carbocycles. The first-order valence-corrected chi connectivity index (χ1v) is 8.85. The van der Waals surface area contributed by atoms with Gasteiger partial charge in [-0.15, -0.1) is 0 Å². The van der Waals surface area contributed by atoms with E-state index in [1.165, 1.54) is 0 Å². The summed E-state index contributed by atoms with van der Waals surface area (Å²) < 4.78 is 0. The number of fused-ring (bicyclic) bond motifs is 1. The Morgan fingerprint density at radius 1 is 1.13 bits per heavy atom. The monoisotopic (exact) mass is 320 g/mol. The normalized spacial score (nSPS) is 46.0. The summed E-state index contributed by atoms with van der Waals surface area (Å²) in [6.45, 7) is 9.85. The van der Waals surface area contributed by atoms with E-state index >= 15 is 0 Å². The van der Waals surface area contributed by atoms with Crippen molar-refractivity contribution >= 4 is 5.78 Å². The standard InChI is InChI=1S/C20H32O3/c1-14(2)20(23)12-10-18(4)9-11-19(5,22)8-6-7-15(3)16(21)13-17(18)20/h7,9,11,14,17,22-23H,6,8,10,12-13H2,1-5H3/b11-9+,15-7+/t17-,18+,19-,20-/m0/s1. The third-order valence-electron chi connectivity index (χ3n) is 6.22. The number of allylic oxidation sites excluding steroid dienone is 3. The first-order valence-electron chi connectivity index (χ1n) is 8.85. The zero-order valence-corrected chi connectivity index (χ0v) is 15.2. The maximum Gasteiger partial charge on any atom is 0.158 e. The number of carbonyl (C=O) groups is 1. The van der Waals surface area contributed by atoms with Crippen LogP contribution in [-0.4, -0.2) is 27.2 Å².